The maximum Gasteiger partial charge on any atom is 0.419 e. The molecule has 206 valence electrons. The normalized spacial score (nSPS) is 12.6. The number of ether oxygens (including phenoxy) is 2. The zero-order valence-electron chi connectivity index (χ0n) is 22.4. The number of benzene rings is 1. The molecule has 1 fully saturated rings. The standard InChI is InChI=1S/C27H32N6O6/c1-5-11-32(27(37)39-15-38-22(34)6-2)26(36)20-13-33-23(17(20)4)24(28-14-29-33)31-21-12-18(8-7-16(21)3)25(35)30-19-9-10-19/h7-8,12-14,19H,5-6,9-11,15H2,1-4H3,(H,30,35)(H,28,29,31). The van der Waals surface area contributed by atoms with Crippen molar-refractivity contribution in [1.29, 1.82) is 0 Å². The van der Waals surface area contributed by atoms with Gasteiger partial charge in [0.2, 0.25) is 6.79 Å². The van der Waals surface area contributed by atoms with Gasteiger partial charge < -0.3 is 20.1 Å². The van der Waals surface area contributed by atoms with Crippen molar-refractivity contribution in [3.05, 3.63) is 53.0 Å². The summed E-state index contributed by atoms with van der Waals surface area (Å²) in [6.07, 6.45) is 4.59. The third kappa shape index (κ3) is 6.33. The lowest BCUT2D eigenvalue weighted by Gasteiger charge is -2.19. The molecule has 0 unspecified atom stereocenters. The summed E-state index contributed by atoms with van der Waals surface area (Å²) in [6.45, 7) is 6.62. The van der Waals surface area contributed by atoms with Crippen LogP contribution in [-0.4, -0.2) is 62.8 Å². The van der Waals surface area contributed by atoms with Gasteiger partial charge in [-0.3, -0.25) is 14.4 Å². The van der Waals surface area contributed by atoms with Crippen molar-refractivity contribution in [2.45, 2.75) is 59.4 Å². The Kier molecular flexibility index (Phi) is 8.43. The molecule has 2 heterocycles. The summed E-state index contributed by atoms with van der Waals surface area (Å²) in [5.74, 6) is -0.797. The van der Waals surface area contributed by atoms with Crippen LogP contribution >= 0.6 is 0 Å². The van der Waals surface area contributed by atoms with E-state index in [0.29, 0.717) is 34.6 Å². The molecule has 0 spiro atoms. The average molecular weight is 537 g/mol. The number of rotatable bonds is 10. The number of fused-ring (bicyclic) bond motifs is 1. The van der Waals surface area contributed by atoms with Crippen LogP contribution in [0.2, 0.25) is 0 Å². The molecule has 12 nitrogen and oxygen atoms in total. The van der Waals surface area contributed by atoms with Gasteiger partial charge in [-0.2, -0.15) is 5.10 Å². The largest absolute Gasteiger partial charge is 0.428 e. The predicted molar refractivity (Wildman–Crippen MR) is 142 cm³/mol. The minimum Gasteiger partial charge on any atom is -0.428 e. The van der Waals surface area contributed by atoms with Gasteiger partial charge in [0.15, 0.2) is 5.82 Å². The fraction of sp³-hybridized carbons (Fsp3) is 0.407. The van der Waals surface area contributed by atoms with Gasteiger partial charge in [0.1, 0.15) is 11.8 Å². The summed E-state index contributed by atoms with van der Waals surface area (Å²) in [5, 5.41) is 10.5. The Labute approximate surface area is 225 Å². The lowest BCUT2D eigenvalue weighted by molar-refractivity contribution is -0.151. The second-order valence-corrected chi connectivity index (χ2v) is 9.33. The third-order valence-corrected chi connectivity index (χ3v) is 6.33. The molecule has 3 aromatic rings. The van der Waals surface area contributed by atoms with E-state index in [-0.39, 0.29) is 30.5 Å². The highest BCUT2D eigenvalue weighted by Gasteiger charge is 2.28. The van der Waals surface area contributed by atoms with Crippen LogP contribution in [0.4, 0.5) is 16.3 Å². The summed E-state index contributed by atoms with van der Waals surface area (Å²) in [4.78, 5) is 55.4. The Morgan fingerprint density at radius 3 is 2.59 bits per heavy atom. The molecule has 1 saturated carbocycles. The monoisotopic (exact) mass is 536 g/mol. The van der Waals surface area contributed by atoms with E-state index in [0.717, 1.165) is 23.3 Å². The Hall–Kier alpha value is -4.48. The molecule has 0 bridgehead atoms. The number of hydrogen-bond acceptors (Lipinski definition) is 9. The number of esters is 1. The van der Waals surface area contributed by atoms with Crippen LogP contribution < -0.4 is 10.6 Å². The molecule has 2 aromatic heterocycles. The quantitative estimate of drug-likeness (QED) is 0.291. The summed E-state index contributed by atoms with van der Waals surface area (Å²) in [6, 6.07) is 5.64. The highest BCUT2D eigenvalue weighted by atomic mass is 16.7. The van der Waals surface area contributed by atoms with E-state index >= 15 is 0 Å². The Balaban J connectivity index is 1.59. The Morgan fingerprint density at radius 2 is 1.90 bits per heavy atom. The van der Waals surface area contributed by atoms with Crippen molar-refractivity contribution in [2.24, 2.45) is 0 Å². The molecular formula is C27H32N6O6. The van der Waals surface area contributed by atoms with E-state index in [2.05, 4.69) is 20.7 Å². The van der Waals surface area contributed by atoms with Crippen molar-refractivity contribution in [3.8, 4) is 0 Å². The molecule has 1 aromatic carbocycles. The Morgan fingerprint density at radius 1 is 1.13 bits per heavy atom. The second-order valence-electron chi connectivity index (χ2n) is 9.33. The van der Waals surface area contributed by atoms with E-state index in [1.165, 1.54) is 17.0 Å². The predicted octanol–water partition coefficient (Wildman–Crippen LogP) is 3.88. The summed E-state index contributed by atoms with van der Waals surface area (Å²) < 4.78 is 11.3. The van der Waals surface area contributed by atoms with Gasteiger partial charge in [0.05, 0.1) is 5.56 Å². The van der Waals surface area contributed by atoms with Crippen LogP contribution in [0.25, 0.3) is 5.52 Å². The first-order valence-corrected chi connectivity index (χ1v) is 12.9. The van der Waals surface area contributed by atoms with E-state index in [9.17, 15) is 19.2 Å². The first kappa shape index (κ1) is 27.6. The summed E-state index contributed by atoms with van der Waals surface area (Å²) >= 11 is 0. The summed E-state index contributed by atoms with van der Waals surface area (Å²) in [7, 11) is 0. The van der Waals surface area contributed by atoms with Gasteiger partial charge in [-0.15, -0.1) is 0 Å². The molecule has 0 aliphatic heterocycles. The SMILES string of the molecule is CCCN(C(=O)OCOC(=O)CC)C(=O)c1cn2ncnc(Nc3cc(C(=O)NC4CC4)ccc3C)c2c1C. The number of imide groups is 1. The molecule has 4 rings (SSSR count). The van der Waals surface area contributed by atoms with Crippen molar-refractivity contribution >= 4 is 40.9 Å². The number of amides is 3. The minimum atomic E-state index is -0.915. The fourth-order valence-corrected chi connectivity index (χ4v) is 3.96. The molecule has 3 amide bonds. The highest BCUT2D eigenvalue weighted by molar-refractivity contribution is 6.05. The Bertz CT molecular complexity index is 1410. The van der Waals surface area contributed by atoms with Crippen molar-refractivity contribution in [3.63, 3.8) is 0 Å². The van der Waals surface area contributed by atoms with Gasteiger partial charge in [0.25, 0.3) is 11.8 Å². The van der Waals surface area contributed by atoms with Crippen LogP contribution in [0.3, 0.4) is 0 Å². The summed E-state index contributed by atoms with van der Waals surface area (Å²) in [5.41, 5.74) is 3.44. The number of nitrogens with zero attached hydrogens (tertiary/aromatic N) is 4. The van der Waals surface area contributed by atoms with E-state index in [4.69, 9.17) is 9.47 Å². The van der Waals surface area contributed by atoms with Crippen LogP contribution in [-0.2, 0) is 14.3 Å². The number of carbonyl (C=O) groups excluding carboxylic acids is 4. The van der Waals surface area contributed by atoms with E-state index in [1.807, 2.05) is 19.9 Å². The zero-order chi connectivity index (χ0) is 28.1. The molecule has 12 heteroatoms. The number of nitrogens with one attached hydrogen (secondary N) is 2. The van der Waals surface area contributed by atoms with Crippen LogP contribution in [0.1, 0.15) is 71.4 Å². The smallest absolute Gasteiger partial charge is 0.419 e. The maximum absolute atomic E-state index is 13.4. The van der Waals surface area contributed by atoms with Gasteiger partial charge in [-0.25, -0.2) is 19.2 Å². The van der Waals surface area contributed by atoms with Gasteiger partial charge in [-0.1, -0.05) is 19.9 Å². The highest BCUT2D eigenvalue weighted by Crippen LogP contribution is 2.28. The average Bonchev–Trinajstić information content (AvgIpc) is 3.67. The number of aryl methyl sites for hydroxylation is 2. The molecule has 39 heavy (non-hydrogen) atoms. The molecular weight excluding hydrogens is 504 g/mol. The fourth-order valence-electron chi connectivity index (χ4n) is 3.96. The zero-order valence-corrected chi connectivity index (χ0v) is 22.4. The molecule has 0 radical (unpaired) electrons. The van der Waals surface area contributed by atoms with Gasteiger partial charge in [-0.05, 0) is 56.4 Å². The third-order valence-electron chi connectivity index (χ3n) is 6.33. The van der Waals surface area contributed by atoms with E-state index in [1.54, 1.807) is 26.0 Å². The minimum absolute atomic E-state index is 0.108. The molecule has 0 saturated heterocycles. The topological polar surface area (TPSA) is 144 Å². The second kappa shape index (κ2) is 11.9. The maximum atomic E-state index is 13.4. The van der Waals surface area contributed by atoms with Gasteiger partial charge >= 0.3 is 12.1 Å². The van der Waals surface area contributed by atoms with Crippen LogP contribution in [0.5, 0.6) is 0 Å². The molecule has 1 aliphatic rings. The molecule has 2 N–H and O–H groups in total. The first-order valence-electron chi connectivity index (χ1n) is 12.9. The number of hydrogen-bond donors (Lipinski definition) is 2. The number of aromatic nitrogens is 3. The molecule has 1 aliphatic carbocycles. The van der Waals surface area contributed by atoms with Crippen molar-refractivity contribution in [1.82, 2.24) is 24.8 Å². The van der Waals surface area contributed by atoms with Crippen molar-refractivity contribution in [2.75, 3.05) is 18.7 Å². The number of anilines is 2. The number of carbonyl (C=O) groups is 4. The van der Waals surface area contributed by atoms with Crippen LogP contribution in [0, 0.1) is 13.8 Å². The van der Waals surface area contributed by atoms with Gasteiger partial charge in [0, 0.05) is 36.5 Å². The first-order chi connectivity index (χ1) is 18.7. The van der Waals surface area contributed by atoms with Crippen LogP contribution in [0.15, 0.2) is 30.7 Å². The molecule has 0 atom stereocenters. The lowest BCUT2D eigenvalue weighted by atomic mass is 10.1. The van der Waals surface area contributed by atoms with Crippen molar-refractivity contribution < 1.29 is 28.7 Å². The van der Waals surface area contributed by atoms with E-state index < -0.39 is 24.8 Å². The lowest BCUT2D eigenvalue weighted by Crippen LogP contribution is -2.38.